The molecule has 1 aliphatic heterocycles. The summed E-state index contributed by atoms with van der Waals surface area (Å²) < 4.78 is 5.91. The van der Waals surface area contributed by atoms with E-state index >= 15 is 0 Å². The Labute approximate surface area is 129 Å². The first-order valence-electron chi connectivity index (χ1n) is 7.09. The molecule has 0 radical (unpaired) electrons. The van der Waals surface area contributed by atoms with E-state index in [4.69, 9.17) is 4.74 Å². The lowest BCUT2D eigenvalue weighted by atomic mass is 10.2. The zero-order chi connectivity index (χ0) is 14.7. The summed E-state index contributed by atoms with van der Waals surface area (Å²) in [5, 5.41) is 3.18. The molecule has 2 aromatic rings. The van der Waals surface area contributed by atoms with Gasteiger partial charge in [-0.05, 0) is 12.1 Å². The quantitative estimate of drug-likeness (QED) is 0.866. The topological polar surface area (TPSA) is 41.5 Å². The van der Waals surface area contributed by atoms with E-state index in [9.17, 15) is 0 Å². The lowest BCUT2D eigenvalue weighted by molar-refractivity contribution is -0.0349. The normalized spacial score (nSPS) is 19.6. The molecule has 0 N–H and O–H groups in total. The molecule has 1 atom stereocenters. The molecular weight excluding hydrogens is 284 g/mol. The van der Waals surface area contributed by atoms with Crippen molar-refractivity contribution >= 4 is 17.2 Å². The van der Waals surface area contributed by atoms with E-state index in [2.05, 4.69) is 14.9 Å². The number of hydrogen-bond acceptors (Lipinski definition) is 6. The third-order valence-corrected chi connectivity index (χ3v) is 4.30. The predicted octanol–water partition coefficient (Wildman–Crippen LogP) is 2.18. The Balaban J connectivity index is 1.69. The Morgan fingerprint density at radius 1 is 1.43 bits per heavy atom. The molecule has 112 valence electrons. The number of ether oxygens (including phenoxy) is 1. The minimum atomic E-state index is 0.0404. The Morgan fingerprint density at radius 2 is 2.33 bits per heavy atom. The van der Waals surface area contributed by atoms with Gasteiger partial charge < -0.3 is 9.64 Å². The summed E-state index contributed by atoms with van der Waals surface area (Å²) in [5.41, 5.74) is 1.00. The SMILES string of the molecule is CN(C)c1cccc([C@H]2CN(Cc3nccs3)CCO2)n1. The van der Waals surface area contributed by atoms with Gasteiger partial charge in [-0.25, -0.2) is 9.97 Å². The molecule has 21 heavy (non-hydrogen) atoms. The minimum absolute atomic E-state index is 0.0404. The largest absolute Gasteiger partial charge is 0.369 e. The summed E-state index contributed by atoms with van der Waals surface area (Å²) in [6, 6.07) is 6.10. The second-order valence-electron chi connectivity index (χ2n) is 5.34. The number of anilines is 1. The number of aromatic nitrogens is 2. The fourth-order valence-corrected chi connectivity index (χ4v) is 3.07. The summed E-state index contributed by atoms with van der Waals surface area (Å²) in [4.78, 5) is 13.4. The Bertz CT molecular complexity index is 573. The first kappa shape index (κ1) is 14.4. The Kier molecular flexibility index (Phi) is 4.48. The van der Waals surface area contributed by atoms with Gasteiger partial charge in [-0.1, -0.05) is 6.07 Å². The van der Waals surface area contributed by atoms with Crippen molar-refractivity contribution in [2.75, 3.05) is 38.7 Å². The van der Waals surface area contributed by atoms with Gasteiger partial charge in [0.25, 0.3) is 0 Å². The van der Waals surface area contributed by atoms with Gasteiger partial charge in [-0.15, -0.1) is 11.3 Å². The van der Waals surface area contributed by atoms with Gasteiger partial charge in [0.1, 0.15) is 16.9 Å². The highest BCUT2D eigenvalue weighted by Gasteiger charge is 2.23. The number of nitrogens with zero attached hydrogens (tertiary/aromatic N) is 4. The van der Waals surface area contributed by atoms with Crippen molar-refractivity contribution in [1.29, 1.82) is 0 Å². The smallest absolute Gasteiger partial charge is 0.128 e. The summed E-state index contributed by atoms with van der Waals surface area (Å²) in [5.74, 6) is 0.966. The van der Waals surface area contributed by atoms with Crippen LogP contribution in [-0.2, 0) is 11.3 Å². The van der Waals surface area contributed by atoms with Gasteiger partial charge >= 0.3 is 0 Å². The van der Waals surface area contributed by atoms with Crippen molar-refractivity contribution in [3.8, 4) is 0 Å². The van der Waals surface area contributed by atoms with Crippen LogP contribution in [0.4, 0.5) is 5.82 Å². The van der Waals surface area contributed by atoms with Gasteiger partial charge in [0.15, 0.2) is 0 Å². The van der Waals surface area contributed by atoms with E-state index in [1.807, 2.05) is 48.8 Å². The molecule has 0 saturated carbocycles. The number of morpholine rings is 1. The first-order valence-corrected chi connectivity index (χ1v) is 7.97. The fraction of sp³-hybridized carbons (Fsp3) is 0.467. The monoisotopic (exact) mass is 304 g/mol. The summed E-state index contributed by atoms with van der Waals surface area (Å²) in [6.07, 6.45) is 1.90. The van der Waals surface area contributed by atoms with Crippen LogP contribution in [0.5, 0.6) is 0 Å². The number of hydrogen-bond donors (Lipinski definition) is 0. The van der Waals surface area contributed by atoms with Crippen LogP contribution in [0.1, 0.15) is 16.8 Å². The van der Waals surface area contributed by atoms with Crippen LogP contribution in [0.3, 0.4) is 0 Å². The Hall–Kier alpha value is -1.50. The predicted molar refractivity (Wildman–Crippen MR) is 84.6 cm³/mol. The second-order valence-corrected chi connectivity index (χ2v) is 6.31. The van der Waals surface area contributed by atoms with Gasteiger partial charge in [0.2, 0.25) is 0 Å². The van der Waals surface area contributed by atoms with E-state index < -0.39 is 0 Å². The van der Waals surface area contributed by atoms with Crippen molar-refractivity contribution < 1.29 is 4.74 Å². The summed E-state index contributed by atoms with van der Waals surface area (Å²) >= 11 is 1.70. The highest BCUT2D eigenvalue weighted by atomic mass is 32.1. The van der Waals surface area contributed by atoms with Crippen LogP contribution < -0.4 is 4.90 Å². The molecule has 5 nitrogen and oxygen atoms in total. The van der Waals surface area contributed by atoms with Crippen LogP contribution in [-0.4, -0.2) is 48.7 Å². The van der Waals surface area contributed by atoms with Crippen molar-refractivity contribution in [3.05, 3.63) is 40.5 Å². The maximum atomic E-state index is 5.91. The van der Waals surface area contributed by atoms with Crippen LogP contribution in [0.2, 0.25) is 0 Å². The molecule has 3 rings (SSSR count). The molecule has 0 bridgehead atoms. The highest BCUT2D eigenvalue weighted by Crippen LogP contribution is 2.23. The lowest BCUT2D eigenvalue weighted by Gasteiger charge is -2.32. The molecule has 0 aliphatic carbocycles. The standard InChI is InChI=1S/C15H20N4OS/c1-18(2)14-5-3-4-12(17-14)13-10-19(7-8-20-13)11-15-16-6-9-21-15/h3-6,9,13H,7-8,10-11H2,1-2H3/t13-/m1/s1. The summed E-state index contributed by atoms with van der Waals surface area (Å²) in [7, 11) is 4.01. The maximum Gasteiger partial charge on any atom is 0.128 e. The van der Waals surface area contributed by atoms with Crippen molar-refractivity contribution in [2.45, 2.75) is 12.6 Å². The zero-order valence-electron chi connectivity index (χ0n) is 12.4. The van der Waals surface area contributed by atoms with Crippen molar-refractivity contribution in [3.63, 3.8) is 0 Å². The molecule has 0 amide bonds. The van der Waals surface area contributed by atoms with Gasteiger partial charge in [-0.3, -0.25) is 4.90 Å². The van der Waals surface area contributed by atoms with Gasteiger partial charge in [0.05, 0.1) is 18.8 Å². The maximum absolute atomic E-state index is 5.91. The lowest BCUT2D eigenvalue weighted by Crippen LogP contribution is -2.38. The number of thiazole rings is 1. The molecule has 1 aliphatic rings. The molecule has 6 heteroatoms. The fourth-order valence-electron chi connectivity index (χ4n) is 2.42. The van der Waals surface area contributed by atoms with Crippen LogP contribution in [0.25, 0.3) is 0 Å². The van der Waals surface area contributed by atoms with Crippen LogP contribution in [0.15, 0.2) is 29.8 Å². The van der Waals surface area contributed by atoms with Crippen molar-refractivity contribution in [2.24, 2.45) is 0 Å². The average Bonchev–Trinajstić information content (AvgIpc) is 3.00. The number of pyridine rings is 1. The van der Waals surface area contributed by atoms with Crippen molar-refractivity contribution in [1.82, 2.24) is 14.9 Å². The van der Waals surface area contributed by atoms with E-state index in [-0.39, 0.29) is 6.10 Å². The molecule has 0 aromatic carbocycles. The van der Waals surface area contributed by atoms with Gasteiger partial charge in [-0.2, -0.15) is 0 Å². The molecular formula is C15H20N4OS. The molecule has 2 aromatic heterocycles. The van der Waals surface area contributed by atoms with E-state index in [1.165, 1.54) is 0 Å². The molecule has 0 spiro atoms. The minimum Gasteiger partial charge on any atom is -0.369 e. The average molecular weight is 304 g/mol. The number of rotatable bonds is 4. The third-order valence-electron chi connectivity index (χ3n) is 3.54. The molecule has 3 heterocycles. The molecule has 0 unspecified atom stereocenters. The summed E-state index contributed by atoms with van der Waals surface area (Å²) in [6.45, 7) is 3.45. The van der Waals surface area contributed by atoms with E-state index in [0.29, 0.717) is 0 Å². The van der Waals surface area contributed by atoms with Crippen LogP contribution in [0, 0.1) is 0 Å². The second kappa shape index (κ2) is 6.51. The Morgan fingerprint density at radius 3 is 3.10 bits per heavy atom. The van der Waals surface area contributed by atoms with E-state index in [0.717, 1.165) is 42.8 Å². The van der Waals surface area contributed by atoms with Crippen LogP contribution >= 0.6 is 11.3 Å². The van der Waals surface area contributed by atoms with Gasteiger partial charge in [0, 0.05) is 38.8 Å². The third kappa shape index (κ3) is 3.58. The van der Waals surface area contributed by atoms with E-state index in [1.54, 1.807) is 11.3 Å². The highest BCUT2D eigenvalue weighted by molar-refractivity contribution is 7.09. The first-order chi connectivity index (χ1) is 10.2. The zero-order valence-corrected chi connectivity index (χ0v) is 13.2. The molecule has 1 saturated heterocycles. The molecule has 1 fully saturated rings.